The number of hydrogen-bond donors (Lipinski definition) is 2. The smallest absolute Gasteiger partial charge is 0.262 e. The monoisotopic (exact) mass is 310 g/mol. The maximum absolute atomic E-state index is 13.7. The molecule has 2 aromatic rings. The lowest BCUT2D eigenvalue weighted by molar-refractivity contribution is 0.388. The van der Waals surface area contributed by atoms with Crippen molar-refractivity contribution in [3.05, 3.63) is 47.8 Å². The molecule has 0 bridgehead atoms. The highest BCUT2D eigenvalue weighted by Gasteiger charge is 2.19. The van der Waals surface area contributed by atoms with E-state index >= 15 is 0 Å². The minimum atomic E-state index is -3.92. The zero-order chi connectivity index (χ0) is 15.6. The van der Waals surface area contributed by atoms with Crippen molar-refractivity contribution in [1.29, 1.82) is 0 Å². The average Bonchev–Trinajstić information content (AvgIpc) is 2.41. The van der Waals surface area contributed by atoms with E-state index in [9.17, 15) is 12.8 Å². The van der Waals surface area contributed by atoms with E-state index in [-0.39, 0.29) is 16.3 Å². The molecule has 0 radical (unpaired) electrons. The Morgan fingerprint density at radius 3 is 2.33 bits per heavy atom. The van der Waals surface area contributed by atoms with Gasteiger partial charge in [-0.15, -0.1) is 0 Å². The molecule has 21 heavy (non-hydrogen) atoms. The van der Waals surface area contributed by atoms with E-state index in [2.05, 4.69) is 4.72 Å². The number of rotatable bonds is 4. The molecule has 0 amide bonds. The molecule has 2 aromatic carbocycles. The van der Waals surface area contributed by atoms with Crippen molar-refractivity contribution in [2.75, 3.05) is 17.6 Å². The highest BCUT2D eigenvalue weighted by Crippen LogP contribution is 2.29. The first-order valence-electron chi connectivity index (χ1n) is 6.06. The Bertz CT molecular complexity index is 735. The van der Waals surface area contributed by atoms with Crippen molar-refractivity contribution in [3.8, 4) is 5.75 Å². The largest absolute Gasteiger partial charge is 0.492 e. The third kappa shape index (κ3) is 3.25. The molecule has 112 valence electrons. The molecule has 0 heterocycles. The van der Waals surface area contributed by atoms with E-state index in [4.69, 9.17) is 10.5 Å². The van der Waals surface area contributed by atoms with E-state index in [1.165, 1.54) is 7.11 Å². The van der Waals surface area contributed by atoms with Crippen LogP contribution in [0.5, 0.6) is 5.75 Å². The van der Waals surface area contributed by atoms with Gasteiger partial charge in [-0.3, -0.25) is 4.72 Å². The molecular weight excluding hydrogens is 295 g/mol. The quantitative estimate of drug-likeness (QED) is 0.850. The van der Waals surface area contributed by atoms with Gasteiger partial charge in [0.25, 0.3) is 10.0 Å². The van der Waals surface area contributed by atoms with Gasteiger partial charge in [0.1, 0.15) is 0 Å². The van der Waals surface area contributed by atoms with Crippen molar-refractivity contribution < 1.29 is 17.5 Å². The van der Waals surface area contributed by atoms with Crippen molar-refractivity contribution >= 4 is 21.4 Å². The van der Waals surface area contributed by atoms with Crippen LogP contribution in [0.1, 0.15) is 5.56 Å². The van der Waals surface area contributed by atoms with Crippen molar-refractivity contribution in [1.82, 2.24) is 0 Å². The Hall–Kier alpha value is -2.28. The summed E-state index contributed by atoms with van der Waals surface area (Å²) in [5.74, 6) is -1.01. The summed E-state index contributed by atoms with van der Waals surface area (Å²) in [6.07, 6.45) is 0. The zero-order valence-electron chi connectivity index (χ0n) is 11.6. The first-order valence-corrected chi connectivity index (χ1v) is 7.54. The number of nitrogens with one attached hydrogen (secondary N) is 1. The normalized spacial score (nSPS) is 11.2. The number of nitrogen functional groups attached to an aromatic ring is 1. The van der Waals surface area contributed by atoms with Gasteiger partial charge in [0.05, 0.1) is 17.7 Å². The lowest BCUT2D eigenvalue weighted by atomic mass is 10.2. The number of sulfonamides is 1. The molecule has 0 fully saturated rings. The van der Waals surface area contributed by atoms with Crippen molar-refractivity contribution in [2.24, 2.45) is 0 Å². The van der Waals surface area contributed by atoms with Crippen LogP contribution >= 0.6 is 0 Å². The standard InChI is InChI=1S/C14H15FN2O3S/c1-9-3-5-10(6-4-9)17-21(18,19)11-7-12(15)14(20-2)13(16)8-11/h3-8,17H,16H2,1-2H3. The molecule has 7 heteroatoms. The maximum Gasteiger partial charge on any atom is 0.262 e. The van der Waals surface area contributed by atoms with Crippen molar-refractivity contribution in [2.45, 2.75) is 11.8 Å². The molecule has 2 rings (SSSR count). The highest BCUT2D eigenvalue weighted by molar-refractivity contribution is 7.92. The van der Waals surface area contributed by atoms with Crippen LogP contribution in [0.2, 0.25) is 0 Å². The molecule has 0 aliphatic rings. The van der Waals surface area contributed by atoms with Crippen LogP contribution in [0.3, 0.4) is 0 Å². The van der Waals surface area contributed by atoms with Crippen molar-refractivity contribution in [3.63, 3.8) is 0 Å². The summed E-state index contributed by atoms with van der Waals surface area (Å²) in [5, 5.41) is 0. The molecule has 0 aliphatic carbocycles. The van der Waals surface area contributed by atoms with Crippen LogP contribution in [0.25, 0.3) is 0 Å². The summed E-state index contributed by atoms with van der Waals surface area (Å²) in [7, 11) is -2.66. The fourth-order valence-corrected chi connectivity index (χ4v) is 2.90. The molecule has 5 nitrogen and oxygen atoms in total. The van der Waals surface area contributed by atoms with Gasteiger partial charge < -0.3 is 10.5 Å². The van der Waals surface area contributed by atoms with Crippen LogP contribution in [-0.4, -0.2) is 15.5 Å². The van der Waals surface area contributed by atoms with Gasteiger partial charge >= 0.3 is 0 Å². The molecule has 0 unspecified atom stereocenters. The van der Waals surface area contributed by atoms with Crippen LogP contribution in [0.4, 0.5) is 15.8 Å². The second kappa shape index (κ2) is 5.61. The Morgan fingerprint density at radius 1 is 1.19 bits per heavy atom. The van der Waals surface area contributed by atoms with Gasteiger partial charge in [-0.25, -0.2) is 12.8 Å². The zero-order valence-corrected chi connectivity index (χ0v) is 12.4. The van der Waals surface area contributed by atoms with E-state index in [0.717, 1.165) is 17.7 Å². The van der Waals surface area contributed by atoms with E-state index in [0.29, 0.717) is 5.69 Å². The van der Waals surface area contributed by atoms with Gasteiger partial charge in [0.2, 0.25) is 0 Å². The first-order chi connectivity index (χ1) is 9.83. The first kappa shape index (κ1) is 15.1. The van der Waals surface area contributed by atoms with Gasteiger partial charge in [0, 0.05) is 5.69 Å². The number of anilines is 2. The second-order valence-electron chi connectivity index (χ2n) is 4.50. The number of benzene rings is 2. The second-order valence-corrected chi connectivity index (χ2v) is 6.18. The molecule has 0 saturated carbocycles. The minimum absolute atomic E-state index is 0.0817. The predicted molar refractivity (Wildman–Crippen MR) is 79.4 cm³/mol. The number of methoxy groups -OCH3 is 1. The third-order valence-corrected chi connectivity index (χ3v) is 4.22. The maximum atomic E-state index is 13.7. The number of hydrogen-bond acceptors (Lipinski definition) is 4. The number of aryl methyl sites for hydroxylation is 1. The summed E-state index contributed by atoms with van der Waals surface area (Å²) in [4.78, 5) is -0.265. The van der Waals surface area contributed by atoms with Crippen LogP contribution < -0.4 is 15.2 Å². The summed E-state index contributed by atoms with van der Waals surface area (Å²) < 4.78 is 45.3. The summed E-state index contributed by atoms with van der Waals surface area (Å²) in [6, 6.07) is 8.79. The summed E-state index contributed by atoms with van der Waals surface area (Å²) in [6.45, 7) is 1.89. The Morgan fingerprint density at radius 2 is 1.81 bits per heavy atom. The lowest BCUT2D eigenvalue weighted by Gasteiger charge is -2.11. The topological polar surface area (TPSA) is 81.4 Å². The fraction of sp³-hybridized carbons (Fsp3) is 0.143. The van der Waals surface area contributed by atoms with Crippen LogP contribution in [0, 0.1) is 12.7 Å². The van der Waals surface area contributed by atoms with E-state index in [1.54, 1.807) is 24.3 Å². The van der Waals surface area contributed by atoms with Gasteiger partial charge in [0.15, 0.2) is 11.6 Å². The molecule has 0 spiro atoms. The Balaban J connectivity index is 2.38. The fourth-order valence-electron chi connectivity index (χ4n) is 1.79. The Labute approximate surface area is 122 Å². The van der Waals surface area contributed by atoms with Gasteiger partial charge in [-0.05, 0) is 31.2 Å². The molecule has 0 aromatic heterocycles. The molecule has 0 aliphatic heterocycles. The summed E-state index contributed by atoms with van der Waals surface area (Å²) in [5.41, 5.74) is 6.89. The highest BCUT2D eigenvalue weighted by atomic mass is 32.2. The van der Waals surface area contributed by atoms with Crippen LogP contribution in [0.15, 0.2) is 41.3 Å². The molecule has 0 saturated heterocycles. The van der Waals surface area contributed by atoms with E-state index in [1.807, 2.05) is 6.92 Å². The number of halogens is 1. The predicted octanol–water partition coefficient (Wildman–Crippen LogP) is 2.53. The van der Waals surface area contributed by atoms with Gasteiger partial charge in [-0.2, -0.15) is 0 Å². The molecule has 3 N–H and O–H groups in total. The molecule has 0 atom stereocenters. The van der Waals surface area contributed by atoms with Crippen LogP contribution in [-0.2, 0) is 10.0 Å². The summed E-state index contributed by atoms with van der Waals surface area (Å²) >= 11 is 0. The minimum Gasteiger partial charge on any atom is -0.492 e. The van der Waals surface area contributed by atoms with E-state index < -0.39 is 15.8 Å². The Kier molecular flexibility index (Phi) is 4.04. The number of ether oxygens (including phenoxy) is 1. The number of nitrogens with two attached hydrogens (primary N) is 1. The third-order valence-electron chi connectivity index (χ3n) is 2.86. The lowest BCUT2D eigenvalue weighted by Crippen LogP contribution is -2.14. The SMILES string of the molecule is COc1c(N)cc(S(=O)(=O)Nc2ccc(C)cc2)cc1F. The molecular formula is C14H15FN2O3S. The van der Waals surface area contributed by atoms with Gasteiger partial charge in [-0.1, -0.05) is 17.7 Å². The average molecular weight is 310 g/mol.